The van der Waals surface area contributed by atoms with Gasteiger partial charge in [0.2, 0.25) is 0 Å². The van der Waals surface area contributed by atoms with Crippen LogP contribution in [-0.2, 0) is 0 Å². The molecule has 0 saturated carbocycles. The summed E-state index contributed by atoms with van der Waals surface area (Å²) in [6.07, 6.45) is 0.841. The fourth-order valence-corrected chi connectivity index (χ4v) is 3.37. The second kappa shape index (κ2) is 6.28. The van der Waals surface area contributed by atoms with Crippen LogP contribution in [-0.4, -0.2) is 29.8 Å². The maximum Gasteiger partial charge on any atom is 0.317 e. The molecule has 2 rings (SSSR count). The summed E-state index contributed by atoms with van der Waals surface area (Å²) in [6.45, 7) is 5.26. The lowest BCUT2D eigenvalue weighted by Crippen LogP contribution is -2.42. The molecular weight excluding hydrogens is 263 g/mol. The first-order chi connectivity index (χ1) is 9.15. The van der Waals surface area contributed by atoms with Gasteiger partial charge in [0.1, 0.15) is 5.82 Å². The van der Waals surface area contributed by atoms with E-state index >= 15 is 0 Å². The molecule has 0 aliphatic carbocycles. The van der Waals surface area contributed by atoms with Crippen LogP contribution in [0.4, 0.5) is 9.18 Å². The second-order valence-corrected chi connectivity index (χ2v) is 5.63. The van der Waals surface area contributed by atoms with Gasteiger partial charge in [0, 0.05) is 23.7 Å². The molecule has 0 saturated heterocycles. The Labute approximate surface area is 117 Å². The maximum atomic E-state index is 13.4. The average Bonchev–Trinajstić information content (AvgIpc) is 2.41. The highest BCUT2D eigenvalue weighted by atomic mass is 32.2. The number of rotatable bonds is 3. The fourth-order valence-electron chi connectivity index (χ4n) is 2.27. The molecule has 1 aliphatic heterocycles. The first kappa shape index (κ1) is 14.2. The number of benzene rings is 1. The quantitative estimate of drug-likeness (QED) is 0.921. The van der Waals surface area contributed by atoms with Crippen LogP contribution in [0, 0.1) is 5.82 Å². The first-order valence-electron chi connectivity index (χ1n) is 6.63. The smallest absolute Gasteiger partial charge is 0.317 e. The number of thioether (sulfide) groups is 1. The Balaban J connectivity index is 2.15. The minimum absolute atomic E-state index is 0.0721. The lowest BCUT2D eigenvalue weighted by Gasteiger charge is -2.28. The highest BCUT2D eigenvalue weighted by Gasteiger charge is 2.24. The van der Waals surface area contributed by atoms with E-state index in [4.69, 9.17) is 0 Å². The van der Waals surface area contributed by atoms with Crippen molar-refractivity contribution in [1.82, 2.24) is 10.2 Å². The van der Waals surface area contributed by atoms with E-state index in [0.717, 1.165) is 22.6 Å². The van der Waals surface area contributed by atoms with Crippen LogP contribution in [0.25, 0.3) is 0 Å². The van der Waals surface area contributed by atoms with E-state index in [1.165, 1.54) is 12.1 Å². The largest absolute Gasteiger partial charge is 0.331 e. The Morgan fingerprint density at radius 2 is 2.21 bits per heavy atom. The topological polar surface area (TPSA) is 32.3 Å². The van der Waals surface area contributed by atoms with E-state index in [0.29, 0.717) is 13.1 Å². The molecule has 1 atom stereocenters. The molecule has 104 valence electrons. The Morgan fingerprint density at radius 1 is 1.47 bits per heavy atom. The zero-order valence-electron chi connectivity index (χ0n) is 11.3. The maximum absolute atomic E-state index is 13.4. The van der Waals surface area contributed by atoms with Gasteiger partial charge in [-0.25, -0.2) is 9.18 Å². The molecule has 1 aromatic carbocycles. The Hall–Kier alpha value is -1.23. The number of carbonyl (C=O) groups is 1. The van der Waals surface area contributed by atoms with Crippen molar-refractivity contribution in [3.8, 4) is 0 Å². The molecule has 1 unspecified atom stereocenters. The average molecular weight is 282 g/mol. The van der Waals surface area contributed by atoms with Crippen LogP contribution in [0.15, 0.2) is 23.1 Å². The molecule has 19 heavy (non-hydrogen) atoms. The number of urea groups is 1. The van der Waals surface area contributed by atoms with Crippen LogP contribution < -0.4 is 5.32 Å². The zero-order chi connectivity index (χ0) is 13.8. The number of amides is 2. The molecule has 3 nitrogen and oxygen atoms in total. The number of nitrogens with one attached hydrogen (secondary N) is 1. The van der Waals surface area contributed by atoms with Gasteiger partial charge in [-0.1, -0.05) is 0 Å². The summed E-state index contributed by atoms with van der Waals surface area (Å²) in [5.41, 5.74) is 0.900. The molecule has 1 aromatic rings. The van der Waals surface area contributed by atoms with Gasteiger partial charge in [0.25, 0.3) is 0 Å². The molecule has 0 spiro atoms. The SMILES string of the molecule is CCN(CC)C(=O)NC1CCSc2ccc(F)cc21. The number of hydrogen-bond acceptors (Lipinski definition) is 2. The van der Waals surface area contributed by atoms with E-state index in [1.54, 1.807) is 22.7 Å². The van der Waals surface area contributed by atoms with Crippen LogP contribution in [0.3, 0.4) is 0 Å². The molecule has 0 radical (unpaired) electrons. The summed E-state index contributed by atoms with van der Waals surface area (Å²) in [6, 6.07) is 4.65. The summed E-state index contributed by atoms with van der Waals surface area (Å²) >= 11 is 1.72. The number of halogens is 1. The summed E-state index contributed by atoms with van der Waals surface area (Å²) in [5, 5.41) is 3.01. The molecule has 1 heterocycles. The Bertz CT molecular complexity index is 463. The molecule has 0 aromatic heterocycles. The van der Waals surface area contributed by atoms with Gasteiger partial charge < -0.3 is 10.2 Å². The van der Waals surface area contributed by atoms with Crippen LogP contribution >= 0.6 is 11.8 Å². The molecule has 5 heteroatoms. The van der Waals surface area contributed by atoms with Crippen molar-refractivity contribution in [3.63, 3.8) is 0 Å². The Kier molecular flexibility index (Phi) is 4.69. The summed E-state index contributed by atoms with van der Waals surface area (Å²) in [4.78, 5) is 14.9. The molecule has 1 N–H and O–H groups in total. The highest BCUT2D eigenvalue weighted by molar-refractivity contribution is 7.99. The summed E-state index contributed by atoms with van der Waals surface area (Å²) in [5.74, 6) is 0.699. The lowest BCUT2D eigenvalue weighted by atomic mass is 10.0. The van der Waals surface area contributed by atoms with E-state index in [1.807, 2.05) is 13.8 Å². The van der Waals surface area contributed by atoms with Crippen molar-refractivity contribution in [3.05, 3.63) is 29.6 Å². The van der Waals surface area contributed by atoms with E-state index in [2.05, 4.69) is 5.32 Å². The Morgan fingerprint density at radius 3 is 2.89 bits per heavy atom. The lowest BCUT2D eigenvalue weighted by molar-refractivity contribution is 0.198. The summed E-state index contributed by atoms with van der Waals surface area (Å²) < 4.78 is 13.4. The normalized spacial score (nSPS) is 17.7. The number of hydrogen-bond donors (Lipinski definition) is 1. The van der Waals surface area contributed by atoms with Crippen LogP contribution in [0.5, 0.6) is 0 Å². The van der Waals surface area contributed by atoms with Gasteiger partial charge in [-0.3, -0.25) is 0 Å². The van der Waals surface area contributed by atoms with E-state index < -0.39 is 0 Å². The zero-order valence-corrected chi connectivity index (χ0v) is 12.1. The predicted octanol–water partition coefficient (Wildman–Crippen LogP) is 3.41. The first-order valence-corrected chi connectivity index (χ1v) is 7.62. The van der Waals surface area contributed by atoms with Gasteiger partial charge in [-0.05, 0) is 44.0 Å². The van der Waals surface area contributed by atoms with Crippen molar-refractivity contribution < 1.29 is 9.18 Å². The third-order valence-electron chi connectivity index (χ3n) is 3.36. The monoisotopic (exact) mass is 282 g/mol. The molecule has 0 bridgehead atoms. The molecular formula is C14H19FN2OS. The van der Waals surface area contributed by atoms with Crippen molar-refractivity contribution in [1.29, 1.82) is 0 Å². The molecule has 1 aliphatic rings. The van der Waals surface area contributed by atoms with Gasteiger partial charge in [-0.2, -0.15) is 0 Å². The van der Waals surface area contributed by atoms with Crippen molar-refractivity contribution >= 4 is 17.8 Å². The minimum atomic E-state index is -0.247. The number of carbonyl (C=O) groups excluding carboxylic acids is 1. The van der Waals surface area contributed by atoms with Crippen molar-refractivity contribution in [2.24, 2.45) is 0 Å². The van der Waals surface area contributed by atoms with Crippen molar-refractivity contribution in [2.75, 3.05) is 18.8 Å². The predicted molar refractivity (Wildman–Crippen MR) is 75.9 cm³/mol. The molecule has 2 amide bonds. The van der Waals surface area contributed by atoms with Gasteiger partial charge in [0.05, 0.1) is 6.04 Å². The highest BCUT2D eigenvalue weighted by Crippen LogP contribution is 2.36. The fraction of sp³-hybridized carbons (Fsp3) is 0.500. The second-order valence-electron chi connectivity index (χ2n) is 4.49. The van der Waals surface area contributed by atoms with Gasteiger partial charge in [-0.15, -0.1) is 11.8 Å². The van der Waals surface area contributed by atoms with Crippen LogP contribution in [0.2, 0.25) is 0 Å². The third kappa shape index (κ3) is 3.21. The van der Waals surface area contributed by atoms with E-state index in [9.17, 15) is 9.18 Å². The van der Waals surface area contributed by atoms with Gasteiger partial charge >= 0.3 is 6.03 Å². The number of fused-ring (bicyclic) bond motifs is 1. The molecule has 0 fully saturated rings. The minimum Gasteiger partial charge on any atom is -0.331 e. The standard InChI is InChI=1S/C14H19FN2OS/c1-3-17(4-2)14(18)16-12-7-8-19-13-6-5-10(15)9-11(12)13/h5-6,9,12H,3-4,7-8H2,1-2H3,(H,16,18). The van der Waals surface area contributed by atoms with Crippen molar-refractivity contribution in [2.45, 2.75) is 31.2 Å². The van der Waals surface area contributed by atoms with Gasteiger partial charge in [0.15, 0.2) is 0 Å². The number of nitrogens with zero attached hydrogens (tertiary/aromatic N) is 1. The third-order valence-corrected chi connectivity index (χ3v) is 4.48. The van der Waals surface area contributed by atoms with E-state index in [-0.39, 0.29) is 17.9 Å². The summed E-state index contributed by atoms with van der Waals surface area (Å²) in [7, 11) is 0. The van der Waals surface area contributed by atoms with Crippen LogP contribution in [0.1, 0.15) is 31.9 Å².